The Balaban J connectivity index is 2.12. The van der Waals surface area contributed by atoms with Gasteiger partial charge in [0.2, 0.25) is 5.89 Å². The molecule has 0 amide bonds. The van der Waals surface area contributed by atoms with Crippen molar-refractivity contribution in [3.63, 3.8) is 0 Å². The minimum atomic E-state index is 0.386. The van der Waals surface area contributed by atoms with Gasteiger partial charge in [-0.3, -0.25) is 0 Å². The molecule has 5 heteroatoms. The molecular weight excluding hydrogens is 216 g/mol. The van der Waals surface area contributed by atoms with Crippen LogP contribution in [0.2, 0.25) is 0 Å². The van der Waals surface area contributed by atoms with Gasteiger partial charge in [-0.05, 0) is 38.9 Å². The minimum Gasteiger partial charge on any atom is -0.339 e. The SMILES string of the molecule is CCN(CC)c1noc(C2CCCC2NC)n1. The summed E-state index contributed by atoms with van der Waals surface area (Å²) in [6, 6.07) is 0.486. The zero-order valence-electron chi connectivity index (χ0n) is 10.9. The van der Waals surface area contributed by atoms with E-state index in [1.54, 1.807) is 0 Å². The van der Waals surface area contributed by atoms with Gasteiger partial charge < -0.3 is 14.7 Å². The van der Waals surface area contributed by atoms with Crippen LogP contribution in [0.5, 0.6) is 0 Å². The first-order chi connectivity index (χ1) is 8.30. The van der Waals surface area contributed by atoms with Gasteiger partial charge in [-0.2, -0.15) is 4.98 Å². The number of aromatic nitrogens is 2. The highest BCUT2D eigenvalue weighted by molar-refractivity contribution is 5.27. The molecular formula is C12H22N4O. The molecule has 0 aliphatic heterocycles. The number of nitrogens with zero attached hydrogens (tertiary/aromatic N) is 3. The molecule has 0 bridgehead atoms. The molecule has 5 nitrogen and oxygen atoms in total. The molecule has 1 aromatic rings. The van der Waals surface area contributed by atoms with Crippen LogP contribution in [0.3, 0.4) is 0 Å². The largest absolute Gasteiger partial charge is 0.339 e. The fourth-order valence-corrected chi connectivity index (χ4v) is 2.61. The Bertz CT molecular complexity index is 348. The van der Waals surface area contributed by atoms with Crippen molar-refractivity contribution >= 4 is 5.95 Å². The molecule has 1 fully saturated rings. The van der Waals surface area contributed by atoms with Crippen molar-refractivity contribution in [3.8, 4) is 0 Å². The standard InChI is InChI=1S/C12H22N4O/c1-4-16(5-2)12-14-11(17-15-12)9-7-6-8-10(9)13-3/h9-10,13H,4-8H2,1-3H3. The lowest BCUT2D eigenvalue weighted by Crippen LogP contribution is -2.28. The summed E-state index contributed by atoms with van der Waals surface area (Å²) in [5.41, 5.74) is 0. The van der Waals surface area contributed by atoms with Crippen LogP contribution < -0.4 is 10.2 Å². The third kappa shape index (κ3) is 2.44. The molecule has 0 spiro atoms. The van der Waals surface area contributed by atoms with Crippen LogP contribution in [0.25, 0.3) is 0 Å². The highest BCUT2D eigenvalue weighted by Crippen LogP contribution is 2.34. The second-order valence-corrected chi connectivity index (χ2v) is 4.54. The minimum absolute atomic E-state index is 0.386. The van der Waals surface area contributed by atoms with Gasteiger partial charge in [0, 0.05) is 19.1 Å². The lowest BCUT2D eigenvalue weighted by molar-refractivity contribution is 0.335. The molecule has 0 radical (unpaired) electrons. The molecule has 1 N–H and O–H groups in total. The molecule has 1 aliphatic rings. The van der Waals surface area contributed by atoms with Gasteiger partial charge in [0.15, 0.2) is 0 Å². The zero-order chi connectivity index (χ0) is 12.3. The molecule has 17 heavy (non-hydrogen) atoms. The summed E-state index contributed by atoms with van der Waals surface area (Å²) >= 11 is 0. The number of hydrogen-bond donors (Lipinski definition) is 1. The number of likely N-dealkylation sites (N-methyl/N-ethyl adjacent to an activating group) is 1. The molecule has 2 atom stereocenters. The van der Waals surface area contributed by atoms with Crippen LogP contribution in [0.15, 0.2) is 4.52 Å². The Hall–Kier alpha value is -1.10. The Kier molecular flexibility index (Phi) is 3.99. The third-order valence-electron chi connectivity index (χ3n) is 3.68. The van der Waals surface area contributed by atoms with E-state index < -0.39 is 0 Å². The van der Waals surface area contributed by atoms with Crippen molar-refractivity contribution < 1.29 is 4.52 Å². The first-order valence-corrected chi connectivity index (χ1v) is 6.55. The maximum Gasteiger partial charge on any atom is 0.266 e. The highest BCUT2D eigenvalue weighted by Gasteiger charge is 2.32. The van der Waals surface area contributed by atoms with Crippen LogP contribution >= 0.6 is 0 Å². The molecule has 0 aromatic carbocycles. The summed E-state index contributed by atoms with van der Waals surface area (Å²) in [4.78, 5) is 6.65. The Morgan fingerprint density at radius 2 is 2.12 bits per heavy atom. The first-order valence-electron chi connectivity index (χ1n) is 6.55. The molecule has 1 aliphatic carbocycles. The average Bonchev–Trinajstić information content (AvgIpc) is 2.98. The van der Waals surface area contributed by atoms with Crippen LogP contribution in [-0.4, -0.2) is 36.3 Å². The highest BCUT2D eigenvalue weighted by atomic mass is 16.5. The molecule has 2 rings (SSSR count). The number of nitrogens with one attached hydrogen (secondary N) is 1. The number of rotatable bonds is 5. The van der Waals surface area contributed by atoms with Gasteiger partial charge in [-0.1, -0.05) is 6.42 Å². The van der Waals surface area contributed by atoms with E-state index in [9.17, 15) is 0 Å². The van der Waals surface area contributed by atoms with Gasteiger partial charge in [-0.15, -0.1) is 0 Å². The predicted octanol–water partition coefficient (Wildman–Crippen LogP) is 1.77. The Labute approximate surface area is 103 Å². The molecule has 0 saturated heterocycles. The maximum absolute atomic E-state index is 5.42. The Morgan fingerprint density at radius 3 is 2.76 bits per heavy atom. The second-order valence-electron chi connectivity index (χ2n) is 4.54. The van der Waals surface area contributed by atoms with Crippen molar-refractivity contribution in [1.82, 2.24) is 15.5 Å². The average molecular weight is 238 g/mol. The van der Waals surface area contributed by atoms with E-state index in [0.29, 0.717) is 12.0 Å². The van der Waals surface area contributed by atoms with Crippen LogP contribution in [0.4, 0.5) is 5.95 Å². The van der Waals surface area contributed by atoms with Gasteiger partial charge in [0.05, 0.1) is 5.92 Å². The van der Waals surface area contributed by atoms with E-state index in [4.69, 9.17) is 4.52 Å². The maximum atomic E-state index is 5.42. The summed E-state index contributed by atoms with van der Waals surface area (Å²) in [6.07, 6.45) is 3.58. The van der Waals surface area contributed by atoms with Crippen molar-refractivity contribution in [3.05, 3.63) is 5.89 Å². The second kappa shape index (κ2) is 5.49. The lowest BCUT2D eigenvalue weighted by Gasteiger charge is -2.15. The van der Waals surface area contributed by atoms with Crippen LogP contribution in [0.1, 0.15) is 44.9 Å². The topological polar surface area (TPSA) is 54.2 Å². The summed E-state index contributed by atoms with van der Waals surface area (Å²) in [6.45, 7) is 6.03. The van der Waals surface area contributed by atoms with E-state index in [-0.39, 0.29) is 0 Å². The van der Waals surface area contributed by atoms with Crippen molar-refractivity contribution in [2.45, 2.75) is 45.1 Å². The number of hydrogen-bond acceptors (Lipinski definition) is 5. The smallest absolute Gasteiger partial charge is 0.266 e. The van der Waals surface area contributed by atoms with E-state index >= 15 is 0 Å². The van der Waals surface area contributed by atoms with E-state index in [0.717, 1.165) is 31.3 Å². The fourth-order valence-electron chi connectivity index (χ4n) is 2.61. The van der Waals surface area contributed by atoms with Gasteiger partial charge in [0.25, 0.3) is 5.95 Å². The van der Waals surface area contributed by atoms with E-state index in [1.807, 2.05) is 7.05 Å². The summed E-state index contributed by atoms with van der Waals surface area (Å²) in [5.74, 6) is 1.91. The first kappa shape index (κ1) is 12.4. The van der Waals surface area contributed by atoms with Gasteiger partial charge in [0.1, 0.15) is 0 Å². The summed E-state index contributed by atoms with van der Waals surface area (Å²) < 4.78 is 5.42. The van der Waals surface area contributed by atoms with Gasteiger partial charge >= 0.3 is 0 Å². The zero-order valence-corrected chi connectivity index (χ0v) is 10.9. The fraction of sp³-hybridized carbons (Fsp3) is 0.833. The lowest BCUT2D eigenvalue weighted by atomic mass is 10.0. The third-order valence-corrected chi connectivity index (χ3v) is 3.68. The molecule has 1 aromatic heterocycles. The molecule has 96 valence electrons. The van der Waals surface area contributed by atoms with E-state index in [2.05, 4.69) is 34.2 Å². The van der Waals surface area contributed by atoms with Crippen LogP contribution in [-0.2, 0) is 0 Å². The van der Waals surface area contributed by atoms with E-state index in [1.165, 1.54) is 12.8 Å². The van der Waals surface area contributed by atoms with Crippen molar-refractivity contribution in [2.24, 2.45) is 0 Å². The van der Waals surface area contributed by atoms with Gasteiger partial charge in [-0.25, -0.2) is 0 Å². The predicted molar refractivity (Wildman–Crippen MR) is 67.3 cm³/mol. The normalized spacial score (nSPS) is 24.2. The summed E-state index contributed by atoms with van der Waals surface area (Å²) in [7, 11) is 2.00. The van der Waals surface area contributed by atoms with Crippen LogP contribution in [0, 0.1) is 0 Å². The monoisotopic (exact) mass is 238 g/mol. The Morgan fingerprint density at radius 1 is 1.35 bits per heavy atom. The molecule has 1 saturated carbocycles. The molecule has 2 unspecified atom stereocenters. The molecule has 1 heterocycles. The van der Waals surface area contributed by atoms with Crippen molar-refractivity contribution in [1.29, 1.82) is 0 Å². The number of anilines is 1. The van der Waals surface area contributed by atoms with Crippen molar-refractivity contribution in [2.75, 3.05) is 25.0 Å². The quantitative estimate of drug-likeness (QED) is 0.847. The summed E-state index contributed by atoms with van der Waals surface area (Å²) in [5, 5.41) is 7.42.